The lowest BCUT2D eigenvalue weighted by Gasteiger charge is -2.21. The second kappa shape index (κ2) is 7.59. The molecule has 0 spiro atoms. The van der Waals surface area contributed by atoms with Crippen LogP contribution in [0.25, 0.3) is 0 Å². The number of nitrogens with zero attached hydrogens (tertiary/aromatic N) is 1. The topological polar surface area (TPSA) is 112 Å². The number of sulfone groups is 1. The first-order valence-corrected chi connectivity index (χ1v) is 9.43. The van der Waals surface area contributed by atoms with Gasteiger partial charge in [0.2, 0.25) is 0 Å². The largest absolute Gasteiger partial charge is 0.391 e. The monoisotopic (exact) mass is 351 g/mol. The minimum Gasteiger partial charge on any atom is -0.391 e. The van der Waals surface area contributed by atoms with Crippen LogP contribution in [0.4, 0.5) is 0 Å². The zero-order chi connectivity index (χ0) is 17.7. The number of aromatic amines is 1. The Morgan fingerprint density at radius 3 is 2.67 bits per heavy atom. The number of hydrogen-bond donors (Lipinski definition) is 3. The molecule has 24 heavy (non-hydrogen) atoms. The normalized spacial score (nSPS) is 14.1. The number of carbonyl (C=O) groups is 1. The molecule has 0 aliphatic rings. The van der Waals surface area contributed by atoms with Crippen molar-refractivity contribution >= 4 is 15.7 Å². The van der Waals surface area contributed by atoms with Crippen LogP contribution in [0, 0.1) is 0 Å². The predicted molar refractivity (Wildman–Crippen MR) is 89.4 cm³/mol. The Kier molecular flexibility index (Phi) is 5.74. The van der Waals surface area contributed by atoms with E-state index in [0.29, 0.717) is 24.1 Å². The van der Waals surface area contributed by atoms with Crippen LogP contribution in [0.1, 0.15) is 29.4 Å². The highest BCUT2D eigenvalue weighted by molar-refractivity contribution is 7.90. The van der Waals surface area contributed by atoms with E-state index in [4.69, 9.17) is 0 Å². The smallest absolute Gasteiger partial charge is 0.269 e. The Balaban J connectivity index is 2.09. The van der Waals surface area contributed by atoms with Crippen LogP contribution in [0.5, 0.6) is 0 Å². The molecule has 1 amide bonds. The fraction of sp³-hybridized carbons (Fsp3) is 0.375. The van der Waals surface area contributed by atoms with Crippen LogP contribution >= 0.6 is 0 Å². The number of imidazole rings is 1. The van der Waals surface area contributed by atoms with E-state index in [-0.39, 0.29) is 10.8 Å². The van der Waals surface area contributed by atoms with Gasteiger partial charge < -0.3 is 15.4 Å². The summed E-state index contributed by atoms with van der Waals surface area (Å²) < 4.78 is 23.7. The summed E-state index contributed by atoms with van der Waals surface area (Å²) in [7, 11) is -3.32. The molecule has 1 aromatic carbocycles. The number of amides is 1. The van der Waals surface area contributed by atoms with Crippen molar-refractivity contribution in [3.8, 4) is 0 Å². The number of hydrogen-bond acceptors (Lipinski definition) is 5. The highest BCUT2D eigenvalue weighted by Gasteiger charge is 2.20. The molecule has 1 heterocycles. The molecule has 0 fully saturated rings. The van der Waals surface area contributed by atoms with Gasteiger partial charge in [0, 0.05) is 6.26 Å². The van der Waals surface area contributed by atoms with E-state index < -0.39 is 22.0 Å². The second-order valence-corrected chi connectivity index (χ2v) is 7.69. The van der Waals surface area contributed by atoms with Gasteiger partial charge in [0.25, 0.3) is 5.91 Å². The lowest BCUT2D eigenvalue weighted by molar-refractivity contribution is 0.0846. The van der Waals surface area contributed by atoms with E-state index in [0.717, 1.165) is 6.26 Å². The number of aryl methyl sites for hydroxylation is 1. The third-order valence-electron chi connectivity index (χ3n) is 3.74. The van der Waals surface area contributed by atoms with Gasteiger partial charge in [-0.15, -0.1) is 0 Å². The zero-order valence-corrected chi connectivity index (χ0v) is 14.4. The fourth-order valence-corrected chi connectivity index (χ4v) is 3.42. The number of rotatable bonds is 7. The summed E-state index contributed by atoms with van der Waals surface area (Å²) >= 11 is 0. The first-order chi connectivity index (χ1) is 11.3. The number of H-pyrrole nitrogens is 1. The molecule has 0 aliphatic heterocycles. The van der Waals surface area contributed by atoms with Gasteiger partial charge in [-0.2, -0.15) is 0 Å². The molecular formula is C16H21N3O4S. The van der Waals surface area contributed by atoms with Crippen LogP contribution in [0.15, 0.2) is 41.7 Å². The molecular weight excluding hydrogens is 330 g/mol. The van der Waals surface area contributed by atoms with Crippen LogP contribution in [0.3, 0.4) is 0 Å². The van der Waals surface area contributed by atoms with Gasteiger partial charge in [-0.3, -0.25) is 4.79 Å². The molecule has 7 nitrogen and oxygen atoms in total. The van der Waals surface area contributed by atoms with Crippen molar-refractivity contribution < 1.29 is 18.3 Å². The number of benzene rings is 1. The summed E-state index contributed by atoms with van der Waals surface area (Å²) in [6.45, 7) is 1.58. The minimum atomic E-state index is -3.32. The molecule has 2 aromatic rings. The molecule has 0 unspecified atom stereocenters. The Bertz CT molecular complexity index is 785. The van der Waals surface area contributed by atoms with Gasteiger partial charge in [0.1, 0.15) is 5.69 Å². The van der Waals surface area contributed by atoms with Gasteiger partial charge in [0.15, 0.2) is 9.84 Å². The van der Waals surface area contributed by atoms with Crippen molar-refractivity contribution in [3.05, 3.63) is 48.0 Å². The molecule has 0 aliphatic carbocycles. The Morgan fingerprint density at radius 1 is 1.38 bits per heavy atom. The van der Waals surface area contributed by atoms with Gasteiger partial charge in [-0.25, -0.2) is 13.4 Å². The van der Waals surface area contributed by atoms with Crippen LogP contribution in [-0.2, 0) is 16.3 Å². The van der Waals surface area contributed by atoms with E-state index in [2.05, 4.69) is 15.3 Å². The molecule has 0 radical (unpaired) electrons. The third kappa shape index (κ3) is 4.65. The second-order valence-electron chi connectivity index (χ2n) is 5.70. The van der Waals surface area contributed by atoms with E-state index in [1.807, 2.05) is 0 Å². The number of aromatic nitrogens is 2. The molecule has 0 saturated heterocycles. The average Bonchev–Trinajstić information content (AvgIpc) is 3.04. The lowest BCUT2D eigenvalue weighted by Crippen LogP contribution is -2.42. The van der Waals surface area contributed by atoms with E-state index in [9.17, 15) is 18.3 Å². The Labute approximate surface area is 141 Å². The highest BCUT2D eigenvalue weighted by atomic mass is 32.2. The molecule has 3 N–H and O–H groups in total. The third-order valence-corrected chi connectivity index (χ3v) is 4.94. The maximum atomic E-state index is 12.1. The number of aliphatic hydroxyl groups is 1. The number of carbonyl (C=O) groups excluding carboxylic acids is 1. The van der Waals surface area contributed by atoms with E-state index >= 15 is 0 Å². The van der Waals surface area contributed by atoms with Crippen molar-refractivity contribution in [1.29, 1.82) is 0 Å². The summed E-state index contributed by atoms with van der Waals surface area (Å²) in [6, 6.07) is 6.24. The van der Waals surface area contributed by atoms with Crippen molar-refractivity contribution in [2.45, 2.75) is 36.8 Å². The first-order valence-electron chi connectivity index (χ1n) is 7.54. The molecule has 2 rings (SSSR count). The standard InChI is InChI=1S/C16H21N3O4S/c1-11(20)13(19-16(21)14-9-17-10-18-14)8-7-12-5-3-4-6-15(12)24(2,22)23/h3-6,9-11,13,20H,7-8H2,1-2H3,(H,17,18)(H,19,21)/t11-,13+/m0/s1. The number of nitrogens with one attached hydrogen (secondary N) is 2. The van der Waals surface area contributed by atoms with Gasteiger partial charge in [-0.1, -0.05) is 18.2 Å². The van der Waals surface area contributed by atoms with Crippen molar-refractivity contribution in [2.24, 2.45) is 0 Å². The molecule has 2 atom stereocenters. The predicted octanol–water partition coefficient (Wildman–Crippen LogP) is 0.925. The van der Waals surface area contributed by atoms with Crippen molar-refractivity contribution in [3.63, 3.8) is 0 Å². The summed E-state index contributed by atoms with van der Waals surface area (Å²) in [5.41, 5.74) is 0.971. The Morgan fingerprint density at radius 2 is 2.08 bits per heavy atom. The van der Waals surface area contributed by atoms with Gasteiger partial charge >= 0.3 is 0 Å². The van der Waals surface area contributed by atoms with Crippen LogP contribution < -0.4 is 5.32 Å². The summed E-state index contributed by atoms with van der Waals surface area (Å²) in [6.07, 6.45) is 4.01. The summed E-state index contributed by atoms with van der Waals surface area (Å²) in [5.74, 6) is -0.366. The molecule has 0 bridgehead atoms. The molecule has 0 saturated carbocycles. The molecule has 1 aromatic heterocycles. The maximum absolute atomic E-state index is 12.1. The quantitative estimate of drug-likeness (QED) is 0.687. The lowest BCUT2D eigenvalue weighted by atomic mass is 10.0. The average molecular weight is 351 g/mol. The van der Waals surface area contributed by atoms with Crippen molar-refractivity contribution in [2.75, 3.05) is 6.26 Å². The zero-order valence-electron chi connectivity index (χ0n) is 13.6. The minimum absolute atomic E-state index is 0.272. The van der Waals surface area contributed by atoms with Gasteiger partial charge in [-0.05, 0) is 31.4 Å². The van der Waals surface area contributed by atoms with E-state index in [1.54, 1.807) is 31.2 Å². The fourth-order valence-electron chi connectivity index (χ4n) is 2.44. The summed E-state index contributed by atoms with van der Waals surface area (Å²) in [4.78, 5) is 18.8. The maximum Gasteiger partial charge on any atom is 0.269 e. The first kappa shape index (κ1) is 18.2. The molecule has 130 valence electrons. The van der Waals surface area contributed by atoms with Crippen LogP contribution in [-0.4, -0.2) is 47.8 Å². The van der Waals surface area contributed by atoms with E-state index in [1.165, 1.54) is 12.5 Å². The molecule has 8 heteroatoms. The van der Waals surface area contributed by atoms with Gasteiger partial charge in [0.05, 0.1) is 29.6 Å². The Hall–Kier alpha value is -2.19. The van der Waals surface area contributed by atoms with Crippen molar-refractivity contribution in [1.82, 2.24) is 15.3 Å². The number of aliphatic hydroxyl groups excluding tert-OH is 1. The summed E-state index contributed by atoms with van der Waals surface area (Å²) in [5, 5.41) is 12.6. The highest BCUT2D eigenvalue weighted by Crippen LogP contribution is 2.18. The SMILES string of the molecule is C[C@H](O)[C@@H](CCc1ccccc1S(C)(=O)=O)NC(=O)c1cnc[nH]1. The van der Waals surface area contributed by atoms with Crippen LogP contribution in [0.2, 0.25) is 0 Å².